The molecule has 0 spiro atoms. The Bertz CT molecular complexity index is 477. The third-order valence-electron chi connectivity index (χ3n) is 3.89. The molecule has 1 aliphatic rings. The summed E-state index contributed by atoms with van der Waals surface area (Å²) in [7, 11) is 1.76. The molecule has 0 aromatic carbocycles. The summed E-state index contributed by atoms with van der Waals surface area (Å²) < 4.78 is 0.697. The van der Waals surface area contributed by atoms with Crippen LogP contribution in [0.3, 0.4) is 0 Å². The Morgan fingerprint density at radius 2 is 2.33 bits per heavy atom. The average molecular weight is 330 g/mol. The molecule has 1 heterocycles. The van der Waals surface area contributed by atoms with Crippen LogP contribution in [0, 0.1) is 5.92 Å². The van der Waals surface area contributed by atoms with E-state index in [1.807, 2.05) is 6.07 Å². The van der Waals surface area contributed by atoms with E-state index in [1.54, 1.807) is 13.1 Å². The Kier molecular flexibility index (Phi) is 6.33. The van der Waals surface area contributed by atoms with Gasteiger partial charge in [0.15, 0.2) is 5.96 Å². The smallest absolute Gasteiger partial charge is 0.191 e. The normalized spacial score (nSPS) is 24.7. The van der Waals surface area contributed by atoms with E-state index in [4.69, 9.17) is 11.6 Å². The molecule has 0 aliphatic heterocycles. The van der Waals surface area contributed by atoms with Crippen LogP contribution in [0.4, 0.5) is 0 Å². The SMILES string of the molecule is CN=C(NCC(O)c1ccc(Cl)s1)NC1CCCC(C)C1. The number of hydrogen-bond acceptors (Lipinski definition) is 3. The van der Waals surface area contributed by atoms with Crippen LogP contribution in [0.25, 0.3) is 0 Å². The molecule has 1 saturated carbocycles. The molecule has 0 bridgehead atoms. The quantitative estimate of drug-likeness (QED) is 0.587. The average Bonchev–Trinajstić information content (AvgIpc) is 2.90. The van der Waals surface area contributed by atoms with E-state index in [0.717, 1.165) is 16.8 Å². The van der Waals surface area contributed by atoms with Gasteiger partial charge >= 0.3 is 0 Å². The minimum atomic E-state index is -0.564. The minimum absolute atomic E-state index is 0.429. The van der Waals surface area contributed by atoms with E-state index in [9.17, 15) is 5.11 Å². The molecule has 21 heavy (non-hydrogen) atoms. The summed E-state index contributed by atoms with van der Waals surface area (Å²) >= 11 is 7.29. The van der Waals surface area contributed by atoms with Crippen molar-refractivity contribution in [2.45, 2.75) is 44.8 Å². The number of halogens is 1. The summed E-state index contributed by atoms with van der Waals surface area (Å²) in [5, 5.41) is 16.8. The summed E-state index contributed by atoms with van der Waals surface area (Å²) in [6.07, 6.45) is 4.40. The van der Waals surface area contributed by atoms with Gasteiger partial charge in [-0.15, -0.1) is 11.3 Å². The maximum Gasteiger partial charge on any atom is 0.191 e. The van der Waals surface area contributed by atoms with Crippen molar-refractivity contribution in [3.8, 4) is 0 Å². The fraction of sp³-hybridized carbons (Fsp3) is 0.667. The molecule has 2 rings (SSSR count). The first-order valence-corrected chi connectivity index (χ1v) is 8.68. The van der Waals surface area contributed by atoms with Gasteiger partial charge in [0.1, 0.15) is 6.10 Å². The molecule has 1 aliphatic carbocycles. The first-order chi connectivity index (χ1) is 10.1. The lowest BCUT2D eigenvalue weighted by molar-refractivity contribution is 0.184. The second-order valence-corrected chi connectivity index (χ2v) is 7.47. The summed E-state index contributed by atoms with van der Waals surface area (Å²) in [5.74, 6) is 1.53. The fourth-order valence-electron chi connectivity index (χ4n) is 2.75. The van der Waals surface area contributed by atoms with Gasteiger partial charge in [0.05, 0.1) is 4.34 Å². The van der Waals surface area contributed by atoms with Crippen molar-refractivity contribution in [3.63, 3.8) is 0 Å². The van der Waals surface area contributed by atoms with Crippen molar-refractivity contribution in [1.29, 1.82) is 0 Å². The molecule has 0 saturated heterocycles. The monoisotopic (exact) mass is 329 g/mol. The van der Waals surface area contributed by atoms with Crippen LogP contribution in [-0.2, 0) is 0 Å². The van der Waals surface area contributed by atoms with Crippen molar-refractivity contribution in [1.82, 2.24) is 10.6 Å². The summed E-state index contributed by atoms with van der Waals surface area (Å²) in [4.78, 5) is 5.11. The topological polar surface area (TPSA) is 56.7 Å². The van der Waals surface area contributed by atoms with E-state index in [1.165, 1.54) is 37.0 Å². The van der Waals surface area contributed by atoms with Crippen molar-refractivity contribution in [2.24, 2.45) is 10.9 Å². The Morgan fingerprint density at radius 1 is 1.52 bits per heavy atom. The van der Waals surface area contributed by atoms with Gasteiger partial charge in [-0.05, 0) is 30.9 Å². The van der Waals surface area contributed by atoms with Gasteiger partial charge in [0.25, 0.3) is 0 Å². The number of hydrogen-bond donors (Lipinski definition) is 3. The van der Waals surface area contributed by atoms with E-state index in [-0.39, 0.29) is 0 Å². The first kappa shape index (κ1) is 16.6. The lowest BCUT2D eigenvalue weighted by atomic mass is 9.87. The van der Waals surface area contributed by atoms with Gasteiger partial charge < -0.3 is 15.7 Å². The van der Waals surface area contributed by atoms with Crippen LogP contribution in [0.15, 0.2) is 17.1 Å². The highest BCUT2D eigenvalue weighted by Crippen LogP contribution is 2.26. The summed E-state index contributed by atoms with van der Waals surface area (Å²) in [6, 6.07) is 4.15. The minimum Gasteiger partial charge on any atom is -0.386 e. The third-order valence-corrected chi connectivity index (χ3v) is 5.22. The van der Waals surface area contributed by atoms with Crippen LogP contribution in [0.2, 0.25) is 4.34 Å². The lowest BCUT2D eigenvalue weighted by Gasteiger charge is -2.29. The molecule has 4 nitrogen and oxygen atoms in total. The zero-order valence-electron chi connectivity index (χ0n) is 12.6. The molecule has 1 fully saturated rings. The number of thiophene rings is 1. The summed E-state index contributed by atoms with van der Waals surface area (Å²) in [6.45, 7) is 2.73. The molecule has 3 unspecified atom stereocenters. The lowest BCUT2D eigenvalue weighted by Crippen LogP contribution is -2.46. The van der Waals surface area contributed by atoms with Crippen LogP contribution in [0.5, 0.6) is 0 Å². The number of aliphatic hydroxyl groups is 1. The van der Waals surface area contributed by atoms with Gasteiger partial charge in [-0.25, -0.2) is 0 Å². The number of aliphatic hydroxyl groups excluding tert-OH is 1. The zero-order valence-corrected chi connectivity index (χ0v) is 14.2. The largest absolute Gasteiger partial charge is 0.386 e. The molecule has 3 atom stereocenters. The molecule has 0 radical (unpaired) electrons. The van der Waals surface area contributed by atoms with Crippen LogP contribution in [-0.4, -0.2) is 30.7 Å². The fourth-order valence-corrected chi connectivity index (χ4v) is 3.80. The van der Waals surface area contributed by atoms with E-state index < -0.39 is 6.10 Å². The molecule has 118 valence electrons. The highest BCUT2D eigenvalue weighted by atomic mass is 35.5. The Labute approximate surface area is 135 Å². The van der Waals surface area contributed by atoms with Gasteiger partial charge in [0, 0.05) is 24.5 Å². The molecular formula is C15H24ClN3OS. The van der Waals surface area contributed by atoms with Crippen molar-refractivity contribution < 1.29 is 5.11 Å². The highest BCUT2D eigenvalue weighted by Gasteiger charge is 2.20. The molecule has 6 heteroatoms. The molecule has 1 aromatic rings. The standard InChI is InChI=1S/C15H24ClN3OS/c1-10-4-3-5-11(8-10)19-15(17-2)18-9-12(20)13-6-7-14(16)21-13/h6-7,10-12,20H,3-5,8-9H2,1-2H3,(H2,17,18,19). The number of nitrogens with zero attached hydrogens (tertiary/aromatic N) is 1. The Hall–Kier alpha value is -0.780. The van der Waals surface area contributed by atoms with E-state index in [0.29, 0.717) is 16.9 Å². The predicted molar refractivity (Wildman–Crippen MR) is 90.2 cm³/mol. The molecular weight excluding hydrogens is 306 g/mol. The van der Waals surface area contributed by atoms with E-state index >= 15 is 0 Å². The molecule has 0 amide bonds. The van der Waals surface area contributed by atoms with Crippen LogP contribution in [0.1, 0.15) is 43.6 Å². The van der Waals surface area contributed by atoms with Gasteiger partial charge in [-0.3, -0.25) is 4.99 Å². The maximum absolute atomic E-state index is 10.1. The van der Waals surface area contributed by atoms with Crippen molar-refractivity contribution in [2.75, 3.05) is 13.6 Å². The number of nitrogens with one attached hydrogen (secondary N) is 2. The zero-order chi connectivity index (χ0) is 15.2. The summed E-state index contributed by atoms with van der Waals surface area (Å²) in [5.41, 5.74) is 0. The number of guanidine groups is 1. The van der Waals surface area contributed by atoms with Gasteiger partial charge in [-0.1, -0.05) is 31.4 Å². The molecule has 3 N–H and O–H groups in total. The predicted octanol–water partition coefficient (Wildman–Crippen LogP) is 3.18. The number of aliphatic imine (C=N–C) groups is 1. The maximum atomic E-state index is 10.1. The first-order valence-electron chi connectivity index (χ1n) is 7.49. The Morgan fingerprint density at radius 3 is 2.95 bits per heavy atom. The highest BCUT2D eigenvalue weighted by molar-refractivity contribution is 7.16. The van der Waals surface area contributed by atoms with E-state index in [2.05, 4.69) is 22.5 Å². The van der Waals surface area contributed by atoms with Gasteiger partial charge in [-0.2, -0.15) is 0 Å². The second kappa shape index (κ2) is 8.01. The Balaban J connectivity index is 1.80. The molecule has 1 aromatic heterocycles. The van der Waals surface area contributed by atoms with Crippen molar-refractivity contribution in [3.05, 3.63) is 21.3 Å². The van der Waals surface area contributed by atoms with Crippen LogP contribution < -0.4 is 10.6 Å². The second-order valence-electron chi connectivity index (χ2n) is 5.72. The van der Waals surface area contributed by atoms with Crippen molar-refractivity contribution >= 4 is 28.9 Å². The third kappa shape index (κ3) is 5.16. The van der Waals surface area contributed by atoms with Crippen LogP contribution >= 0.6 is 22.9 Å². The number of rotatable bonds is 4. The van der Waals surface area contributed by atoms with Gasteiger partial charge in [0.2, 0.25) is 0 Å².